The Morgan fingerprint density at radius 2 is 1.68 bits per heavy atom. The molecule has 0 fully saturated rings. The van der Waals surface area contributed by atoms with Crippen LogP contribution in [-0.2, 0) is 6.54 Å². The molecule has 152 valence electrons. The van der Waals surface area contributed by atoms with Crippen molar-refractivity contribution in [2.75, 3.05) is 0 Å². The molecule has 1 heterocycles. The molecular weight excluding hydrogens is 404 g/mol. The summed E-state index contributed by atoms with van der Waals surface area (Å²) < 4.78 is 9.10. The number of hydrogen-bond donors (Lipinski definition) is 0. The third kappa shape index (κ3) is 3.76. The summed E-state index contributed by atoms with van der Waals surface area (Å²) in [5.74, 6) is 1.05. The number of fused-ring (bicyclic) bond motifs is 3. The van der Waals surface area contributed by atoms with Crippen LogP contribution >= 0.6 is 11.3 Å². The Labute approximate surface area is 183 Å². The normalized spacial score (nSPS) is 11.8. The number of ether oxygens (including phenoxy) is 1. The third-order valence-corrected chi connectivity index (χ3v) is 6.27. The van der Waals surface area contributed by atoms with Gasteiger partial charge in [-0.3, -0.25) is 4.79 Å². The molecule has 4 aromatic carbocycles. The Hall–Kier alpha value is -3.70. The summed E-state index contributed by atoms with van der Waals surface area (Å²) >= 11 is 1.55. The molecular formula is C26H20N2O2S. The smallest absolute Gasteiger partial charge is 0.279 e. The van der Waals surface area contributed by atoms with E-state index < -0.39 is 0 Å². The van der Waals surface area contributed by atoms with E-state index in [1.165, 1.54) is 10.8 Å². The number of para-hydroxylation sites is 1. The van der Waals surface area contributed by atoms with E-state index in [-0.39, 0.29) is 5.91 Å². The number of carbonyl (C=O) groups is 1. The van der Waals surface area contributed by atoms with E-state index in [0.29, 0.717) is 16.1 Å². The van der Waals surface area contributed by atoms with Gasteiger partial charge in [0.05, 0.1) is 10.2 Å². The van der Waals surface area contributed by atoms with E-state index >= 15 is 0 Å². The van der Waals surface area contributed by atoms with Gasteiger partial charge in [-0.1, -0.05) is 65.9 Å². The number of carbonyl (C=O) groups excluding carboxylic acids is 1. The number of hydrogen-bond acceptors (Lipinski definition) is 3. The standard InChI is InChI=1S/C26H20N2O2S/c1-2-28-23-16-15-18-9-6-7-14-22(18)24(23)31-26(28)27-25(29)19-10-8-13-21(17-19)30-20-11-4-3-5-12-20/h3-17H,2H2,1H3. The van der Waals surface area contributed by atoms with Crippen molar-refractivity contribution in [1.29, 1.82) is 0 Å². The zero-order valence-corrected chi connectivity index (χ0v) is 17.8. The van der Waals surface area contributed by atoms with Gasteiger partial charge < -0.3 is 9.30 Å². The lowest BCUT2D eigenvalue weighted by molar-refractivity contribution is 0.0997. The molecule has 0 unspecified atom stereocenters. The maximum absolute atomic E-state index is 13.0. The lowest BCUT2D eigenvalue weighted by atomic mass is 10.1. The van der Waals surface area contributed by atoms with Gasteiger partial charge in [-0.05, 0) is 48.7 Å². The summed E-state index contributed by atoms with van der Waals surface area (Å²) in [4.78, 5) is 18.2. The highest BCUT2D eigenvalue weighted by molar-refractivity contribution is 7.17. The molecule has 0 bridgehead atoms. The van der Waals surface area contributed by atoms with Crippen molar-refractivity contribution in [2.45, 2.75) is 13.5 Å². The van der Waals surface area contributed by atoms with E-state index in [9.17, 15) is 4.79 Å². The van der Waals surface area contributed by atoms with Gasteiger partial charge >= 0.3 is 0 Å². The molecule has 0 N–H and O–H groups in total. The Morgan fingerprint density at radius 1 is 0.903 bits per heavy atom. The average Bonchev–Trinajstić information content (AvgIpc) is 3.17. The molecule has 0 aliphatic heterocycles. The van der Waals surface area contributed by atoms with Gasteiger partial charge in [-0.2, -0.15) is 4.99 Å². The Bertz CT molecular complexity index is 1470. The number of nitrogens with zero attached hydrogens (tertiary/aromatic N) is 2. The third-order valence-electron chi connectivity index (χ3n) is 5.15. The lowest BCUT2D eigenvalue weighted by Gasteiger charge is -2.06. The maximum Gasteiger partial charge on any atom is 0.279 e. The quantitative estimate of drug-likeness (QED) is 0.335. The molecule has 0 atom stereocenters. The molecule has 0 saturated heterocycles. The van der Waals surface area contributed by atoms with Gasteiger partial charge in [0.25, 0.3) is 5.91 Å². The molecule has 0 aliphatic carbocycles. The van der Waals surface area contributed by atoms with E-state index in [4.69, 9.17) is 4.74 Å². The van der Waals surface area contributed by atoms with Crippen molar-refractivity contribution in [3.63, 3.8) is 0 Å². The molecule has 0 radical (unpaired) electrons. The highest BCUT2D eigenvalue weighted by atomic mass is 32.1. The number of thiazole rings is 1. The Morgan fingerprint density at radius 3 is 2.52 bits per heavy atom. The summed E-state index contributed by atoms with van der Waals surface area (Å²) in [6, 6.07) is 29.2. The first-order chi connectivity index (χ1) is 15.2. The van der Waals surface area contributed by atoms with Gasteiger partial charge in [0.1, 0.15) is 11.5 Å². The SMILES string of the molecule is CCn1c(=NC(=O)c2cccc(Oc3ccccc3)c2)sc2c3ccccc3ccc21. The molecule has 1 aromatic heterocycles. The molecule has 5 rings (SSSR count). The molecule has 31 heavy (non-hydrogen) atoms. The van der Waals surface area contributed by atoms with Crippen molar-refractivity contribution >= 4 is 38.2 Å². The minimum absolute atomic E-state index is 0.281. The monoisotopic (exact) mass is 424 g/mol. The van der Waals surface area contributed by atoms with Crippen molar-refractivity contribution in [1.82, 2.24) is 4.57 Å². The van der Waals surface area contributed by atoms with Crippen LogP contribution in [0.3, 0.4) is 0 Å². The van der Waals surface area contributed by atoms with Crippen LogP contribution in [0.2, 0.25) is 0 Å². The van der Waals surface area contributed by atoms with E-state index in [1.807, 2.05) is 54.6 Å². The largest absolute Gasteiger partial charge is 0.457 e. The van der Waals surface area contributed by atoms with Gasteiger partial charge in [-0.25, -0.2) is 0 Å². The first-order valence-electron chi connectivity index (χ1n) is 10.2. The van der Waals surface area contributed by atoms with Gasteiger partial charge in [0, 0.05) is 17.5 Å². The van der Waals surface area contributed by atoms with Crippen molar-refractivity contribution in [3.05, 3.63) is 101 Å². The first-order valence-corrected chi connectivity index (χ1v) is 11.0. The molecule has 0 spiro atoms. The number of amides is 1. The van der Waals surface area contributed by atoms with Crippen molar-refractivity contribution in [2.24, 2.45) is 4.99 Å². The first kappa shape index (κ1) is 19.3. The fraction of sp³-hybridized carbons (Fsp3) is 0.0769. The van der Waals surface area contributed by atoms with Crippen molar-refractivity contribution < 1.29 is 9.53 Å². The topological polar surface area (TPSA) is 43.6 Å². The minimum Gasteiger partial charge on any atom is -0.457 e. The molecule has 4 nitrogen and oxygen atoms in total. The second-order valence-electron chi connectivity index (χ2n) is 7.12. The zero-order valence-electron chi connectivity index (χ0n) is 17.0. The van der Waals surface area contributed by atoms with E-state index in [1.54, 1.807) is 23.5 Å². The fourth-order valence-electron chi connectivity index (χ4n) is 3.66. The molecule has 0 aliphatic rings. The van der Waals surface area contributed by atoms with Gasteiger partial charge in [0.15, 0.2) is 4.80 Å². The van der Waals surface area contributed by atoms with E-state index in [0.717, 1.165) is 22.5 Å². The molecule has 1 amide bonds. The van der Waals surface area contributed by atoms with Crippen LogP contribution in [0.4, 0.5) is 0 Å². The van der Waals surface area contributed by atoms with Crippen LogP contribution in [0.25, 0.3) is 21.0 Å². The summed E-state index contributed by atoms with van der Waals surface area (Å²) in [6.07, 6.45) is 0. The minimum atomic E-state index is -0.281. The predicted octanol–water partition coefficient (Wildman–Crippen LogP) is 6.41. The number of rotatable bonds is 4. The predicted molar refractivity (Wildman–Crippen MR) is 126 cm³/mol. The van der Waals surface area contributed by atoms with Crippen LogP contribution in [0.1, 0.15) is 17.3 Å². The Balaban J connectivity index is 1.55. The number of aryl methyl sites for hydroxylation is 1. The van der Waals surface area contributed by atoms with Crippen LogP contribution in [0, 0.1) is 0 Å². The van der Waals surface area contributed by atoms with Crippen LogP contribution in [-0.4, -0.2) is 10.5 Å². The molecule has 5 aromatic rings. The maximum atomic E-state index is 13.0. The molecule has 0 saturated carbocycles. The highest BCUT2D eigenvalue weighted by Crippen LogP contribution is 2.28. The van der Waals surface area contributed by atoms with Crippen LogP contribution in [0.15, 0.2) is 96.0 Å². The van der Waals surface area contributed by atoms with Crippen LogP contribution < -0.4 is 9.54 Å². The summed E-state index contributed by atoms with van der Waals surface area (Å²) in [5.41, 5.74) is 1.59. The summed E-state index contributed by atoms with van der Waals surface area (Å²) in [5, 5.41) is 2.36. The van der Waals surface area contributed by atoms with Crippen molar-refractivity contribution in [3.8, 4) is 11.5 Å². The fourth-order valence-corrected chi connectivity index (χ4v) is 4.89. The van der Waals surface area contributed by atoms with Gasteiger partial charge in [0.2, 0.25) is 0 Å². The molecule has 5 heteroatoms. The van der Waals surface area contributed by atoms with Crippen LogP contribution in [0.5, 0.6) is 11.5 Å². The highest BCUT2D eigenvalue weighted by Gasteiger charge is 2.11. The number of benzene rings is 4. The zero-order chi connectivity index (χ0) is 21.2. The average molecular weight is 425 g/mol. The Kier molecular flexibility index (Phi) is 5.10. The summed E-state index contributed by atoms with van der Waals surface area (Å²) in [7, 11) is 0. The summed E-state index contributed by atoms with van der Waals surface area (Å²) in [6.45, 7) is 2.81. The number of aromatic nitrogens is 1. The van der Waals surface area contributed by atoms with Gasteiger partial charge in [-0.15, -0.1) is 0 Å². The van der Waals surface area contributed by atoms with E-state index in [2.05, 4.69) is 40.7 Å². The second-order valence-corrected chi connectivity index (χ2v) is 8.10. The lowest BCUT2D eigenvalue weighted by Crippen LogP contribution is -2.15. The second kappa shape index (κ2) is 8.20.